The van der Waals surface area contributed by atoms with Crippen molar-refractivity contribution < 1.29 is 9.53 Å². The van der Waals surface area contributed by atoms with E-state index in [1.807, 2.05) is 13.8 Å². The summed E-state index contributed by atoms with van der Waals surface area (Å²) in [6, 6.07) is 0. The van der Waals surface area contributed by atoms with Crippen LogP contribution in [0.3, 0.4) is 0 Å². The van der Waals surface area contributed by atoms with Crippen molar-refractivity contribution in [2.24, 2.45) is 0 Å². The normalized spacial score (nSPS) is 10.6. The number of aromatic nitrogens is 2. The molecular weight excluding hydrogens is 220 g/mol. The number of ether oxygens (including phenoxy) is 1. The van der Waals surface area contributed by atoms with Gasteiger partial charge in [0.25, 0.3) is 5.91 Å². The van der Waals surface area contributed by atoms with E-state index in [2.05, 4.69) is 9.97 Å². The fourth-order valence-electron chi connectivity index (χ4n) is 1.21. The minimum absolute atomic E-state index is 0.158. The van der Waals surface area contributed by atoms with E-state index in [1.54, 1.807) is 7.05 Å². The first-order chi connectivity index (χ1) is 8.00. The van der Waals surface area contributed by atoms with Crippen LogP contribution < -0.4 is 5.73 Å². The van der Waals surface area contributed by atoms with Gasteiger partial charge in [0, 0.05) is 13.6 Å². The maximum absolute atomic E-state index is 11.9. The number of amides is 1. The second-order valence-corrected chi connectivity index (χ2v) is 3.98. The van der Waals surface area contributed by atoms with Crippen LogP contribution in [0.15, 0.2) is 12.4 Å². The molecule has 0 fully saturated rings. The SMILES string of the molecule is CC(C)OCCN(C)C(=O)c1cncc(N)n1. The van der Waals surface area contributed by atoms with Gasteiger partial charge in [-0.05, 0) is 13.8 Å². The third-order valence-electron chi connectivity index (χ3n) is 2.10. The Hall–Kier alpha value is -1.69. The van der Waals surface area contributed by atoms with Crippen LogP contribution in [-0.2, 0) is 4.74 Å². The molecule has 0 saturated heterocycles. The third kappa shape index (κ3) is 4.36. The highest BCUT2D eigenvalue weighted by Crippen LogP contribution is 2.01. The zero-order valence-corrected chi connectivity index (χ0v) is 10.4. The molecule has 94 valence electrons. The molecule has 6 heteroatoms. The van der Waals surface area contributed by atoms with Crippen molar-refractivity contribution in [1.29, 1.82) is 0 Å². The van der Waals surface area contributed by atoms with Crippen LogP contribution >= 0.6 is 0 Å². The Morgan fingerprint density at radius 1 is 1.53 bits per heavy atom. The van der Waals surface area contributed by atoms with Crippen molar-refractivity contribution in [1.82, 2.24) is 14.9 Å². The summed E-state index contributed by atoms with van der Waals surface area (Å²) in [5.41, 5.74) is 5.71. The van der Waals surface area contributed by atoms with Crippen LogP contribution in [0.5, 0.6) is 0 Å². The van der Waals surface area contributed by atoms with Crippen LogP contribution in [0.25, 0.3) is 0 Å². The van der Waals surface area contributed by atoms with Crippen molar-refractivity contribution in [2.75, 3.05) is 25.9 Å². The van der Waals surface area contributed by atoms with Gasteiger partial charge in [-0.15, -0.1) is 0 Å². The predicted octanol–water partition coefficient (Wildman–Crippen LogP) is 0.556. The molecule has 17 heavy (non-hydrogen) atoms. The molecule has 0 spiro atoms. The highest BCUT2D eigenvalue weighted by Gasteiger charge is 2.13. The molecule has 0 radical (unpaired) electrons. The first-order valence-electron chi connectivity index (χ1n) is 5.45. The molecule has 0 unspecified atom stereocenters. The molecule has 0 atom stereocenters. The van der Waals surface area contributed by atoms with E-state index in [0.717, 1.165) is 0 Å². The van der Waals surface area contributed by atoms with Crippen molar-refractivity contribution in [3.63, 3.8) is 0 Å². The summed E-state index contributed by atoms with van der Waals surface area (Å²) in [5, 5.41) is 0. The molecule has 6 nitrogen and oxygen atoms in total. The minimum Gasteiger partial charge on any atom is -0.382 e. The van der Waals surface area contributed by atoms with Crippen LogP contribution in [0.1, 0.15) is 24.3 Å². The first kappa shape index (κ1) is 13.4. The van der Waals surface area contributed by atoms with Crippen LogP contribution in [0.2, 0.25) is 0 Å². The molecule has 0 aliphatic carbocycles. The van der Waals surface area contributed by atoms with Gasteiger partial charge in [0.05, 0.1) is 25.1 Å². The van der Waals surface area contributed by atoms with E-state index in [1.165, 1.54) is 17.3 Å². The second kappa shape index (κ2) is 6.15. The lowest BCUT2D eigenvalue weighted by Gasteiger charge is -2.17. The average molecular weight is 238 g/mol. The number of hydrogen-bond acceptors (Lipinski definition) is 5. The number of anilines is 1. The van der Waals surface area contributed by atoms with Gasteiger partial charge in [0.2, 0.25) is 0 Å². The van der Waals surface area contributed by atoms with Gasteiger partial charge < -0.3 is 15.4 Å². The molecule has 0 saturated carbocycles. The summed E-state index contributed by atoms with van der Waals surface area (Å²) in [6.07, 6.45) is 2.96. The number of carbonyl (C=O) groups excluding carboxylic acids is 1. The van der Waals surface area contributed by atoms with Crippen molar-refractivity contribution in [3.05, 3.63) is 18.1 Å². The number of rotatable bonds is 5. The van der Waals surface area contributed by atoms with E-state index in [-0.39, 0.29) is 23.5 Å². The minimum atomic E-state index is -0.211. The summed E-state index contributed by atoms with van der Waals surface area (Å²) in [7, 11) is 1.69. The van der Waals surface area contributed by atoms with Gasteiger partial charge in [-0.3, -0.25) is 9.78 Å². The number of nitrogens with zero attached hydrogens (tertiary/aromatic N) is 3. The maximum Gasteiger partial charge on any atom is 0.273 e. The monoisotopic (exact) mass is 238 g/mol. The third-order valence-corrected chi connectivity index (χ3v) is 2.10. The molecule has 0 bridgehead atoms. The number of nitrogens with two attached hydrogens (primary N) is 1. The summed E-state index contributed by atoms with van der Waals surface area (Å²) in [6.45, 7) is 4.90. The number of carbonyl (C=O) groups is 1. The lowest BCUT2D eigenvalue weighted by Crippen LogP contribution is -2.31. The molecule has 1 amide bonds. The Kier molecular flexibility index (Phi) is 4.84. The maximum atomic E-state index is 11.9. The molecule has 0 aromatic carbocycles. The van der Waals surface area contributed by atoms with Gasteiger partial charge in [0.15, 0.2) is 0 Å². The molecule has 1 rings (SSSR count). The summed E-state index contributed by atoms with van der Waals surface area (Å²) in [5.74, 6) is 0.0276. The van der Waals surface area contributed by atoms with E-state index in [4.69, 9.17) is 10.5 Å². The standard InChI is InChI=1S/C11H18N4O2/c1-8(2)17-5-4-15(3)11(16)9-6-13-7-10(12)14-9/h6-8H,4-5H2,1-3H3,(H2,12,14). The van der Waals surface area contributed by atoms with Crippen molar-refractivity contribution in [3.8, 4) is 0 Å². The fourth-order valence-corrected chi connectivity index (χ4v) is 1.21. The lowest BCUT2D eigenvalue weighted by molar-refractivity contribution is 0.0529. The smallest absolute Gasteiger partial charge is 0.273 e. The quantitative estimate of drug-likeness (QED) is 0.810. The zero-order chi connectivity index (χ0) is 12.8. The van der Waals surface area contributed by atoms with Gasteiger partial charge in [-0.25, -0.2) is 4.98 Å². The zero-order valence-electron chi connectivity index (χ0n) is 10.4. The van der Waals surface area contributed by atoms with Gasteiger partial charge >= 0.3 is 0 Å². The lowest BCUT2D eigenvalue weighted by atomic mass is 10.4. The predicted molar refractivity (Wildman–Crippen MR) is 64.5 cm³/mol. The van der Waals surface area contributed by atoms with E-state index < -0.39 is 0 Å². The Morgan fingerprint density at radius 2 is 2.24 bits per heavy atom. The van der Waals surface area contributed by atoms with Crippen LogP contribution in [0, 0.1) is 0 Å². The average Bonchev–Trinajstić information content (AvgIpc) is 2.27. The summed E-state index contributed by atoms with van der Waals surface area (Å²) >= 11 is 0. The Balaban J connectivity index is 2.52. The van der Waals surface area contributed by atoms with Crippen molar-refractivity contribution >= 4 is 11.7 Å². The Morgan fingerprint density at radius 3 is 2.82 bits per heavy atom. The Labute approximate surface area is 101 Å². The molecule has 0 aliphatic heterocycles. The molecule has 1 heterocycles. The summed E-state index contributed by atoms with van der Waals surface area (Å²) < 4.78 is 5.37. The highest BCUT2D eigenvalue weighted by molar-refractivity contribution is 5.92. The number of likely N-dealkylation sites (N-methyl/N-ethyl adjacent to an activating group) is 1. The number of nitrogen functional groups attached to an aromatic ring is 1. The molecule has 1 aromatic rings. The van der Waals surface area contributed by atoms with Crippen LogP contribution in [0.4, 0.5) is 5.82 Å². The molecule has 2 N–H and O–H groups in total. The van der Waals surface area contributed by atoms with Crippen molar-refractivity contribution in [2.45, 2.75) is 20.0 Å². The van der Waals surface area contributed by atoms with Gasteiger partial charge in [0.1, 0.15) is 11.5 Å². The topological polar surface area (TPSA) is 81.3 Å². The van der Waals surface area contributed by atoms with E-state index >= 15 is 0 Å². The summed E-state index contributed by atoms with van der Waals surface area (Å²) in [4.78, 5) is 21.2. The van der Waals surface area contributed by atoms with Gasteiger partial charge in [-0.1, -0.05) is 0 Å². The number of hydrogen-bond donors (Lipinski definition) is 1. The highest BCUT2D eigenvalue weighted by atomic mass is 16.5. The van der Waals surface area contributed by atoms with Crippen LogP contribution in [-0.4, -0.2) is 47.1 Å². The van der Waals surface area contributed by atoms with E-state index in [9.17, 15) is 4.79 Å². The van der Waals surface area contributed by atoms with E-state index in [0.29, 0.717) is 13.2 Å². The first-order valence-corrected chi connectivity index (χ1v) is 5.45. The van der Waals surface area contributed by atoms with Gasteiger partial charge in [-0.2, -0.15) is 0 Å². The molecular formula is C11H18N4O2. The second-order valence-electron chi connectivity index (χ2n) is 3.98. The molecule has 1 aromatic heterocycles. The Bertz CT molecular complexity index is 381. The largest absolute Gasteiger partial charge is 0.382 e. The fraction of sp³-hybridized carbons (Fsp3) is 0.545. The molecule has 0 aliphatic rings.